The molecule has 1 heterocycles. The van der Waals surface area contributed by atoms with Crippen molar-refractivity contribution in [3.05, 3.63) is 47.0 Å². The Morgan fingerprint density at radius 1 is 1.23 bits per heavy atom. The van der Waals surface area contributed by atoms with E-state index in [0.29, 0.717) is 0 Å². The Morgan fingerprint density at radius 3 is 2.73 bits per heavy atom. The standard InChI is InChI=1S/C20H25NS/c1-3-16-11-18(10-9-17-7-5-4-6-8-17)13-19(12-16)20-21-14-15(2)22-20/h3,11-14,17H,1,4-10H2,2H3. The number of hydrogen-bond donors (Lipinski definition) is 0. The van der Waals surface area contributed by atoms with Crippen molar-refractivity contribution in [1.82, 2.24) is 4.98 Å². The lowest BCUT2D eigenvalue weighted by atomic mass is 9.85. The molecule has 0 spiro atoms. The van der Waals surface area contributed by atoms with Gasteiger partial charge < -0.3 is 0 Å². The van der Waals surface area contributed by atoms with Gasteiger partial charge in [0.2, 0.25) is 0 Å². The van der Waals surface area contributed by atoms with E-state index in [1.807, 2.05) is 12.3 Å². The Balaban J connectivity index is 1.76. The maximum absolute atomic E-state index is 4.54. The lowest BCUT2D eigenvalue weighted by molar-refractivity contribution is 0.339. The van der Waals surface area contributed by atoms with Crippen LogP contribution in [0.15, 0.2) is 31.0 Å². The van der Waals surface area contributed by atoms with Crippen molar-refractivity contribution in [3.8, 4) is 10.6 Å². The molecule has 3 rings (SSSR count). The van der Waals surface area contributed by atoms with Gasteiger partial charge in [-0.2, -0.15) is 0 Å². The van der Waals surface area contributed by atoms with E-state index in [1.54, 1.807) is 11.3 Å². The number of aromatic nitrogens is 1. The van der Waals surface area contributed by atoms with E-state index in [-0.39, 0.29) is 0 Å². The van der Waals surface area contributed by atoms with Crippen LogP contribution in [0.1, 0.15) is 54.5 Å². The van der Waals surface area contributed by atoms with E-state index in [1.165, 1.54) is 66.5 Å². The second-order valence-corrected chi connectivity index (χ2v) is 7.72. The molecule has 1 saturated carbocycles. The monoisotopic (exact) mass is 311 g/mol. The summed E-state index contributed by atoms with van der Waals surface area (Å²) in [6, 6.07) is 6.82. The molecule has 1 fully saturated rings. The van der Waals surface area contributed by atoms with Gasteiger partial charge in [0.1, 0.15) is 5.01 Å². The molecule has 1 aliphatic carbocycles. The number of benzene rings is 1. The molecule has 0 radical (unpaired) electrons. The van der Waals surface area contributed by atoms with Crippen molar-refractivity contribution in [2.24, 2.45) is 5.92 Å². The zero-order valence-corrected chi connectivity index (χ0v) is 14.3. The van der Waals surface area contributed by atoms with Crippen molar-refractivity contribution in [1.29, 1.82) is 0 Å². The van der Waals surface area contributed by atoms with Gasteiger partial charge in [0.25, 0.3) is 0 Å². The van der Waals surface area contributed by atoms with E-state index in [0.717, 1.165) is 10.9 Å². The second-order valence-electron chi connectivity index (χ2n) is 6.49. The van der Waals surface area contributed by atoms with E-state index in [9.17, 15) is 0 Å². The first kappa shape index (κ1) is 15.5. The van der Waals surface area contributed by atoms with Gasteiger partial charge in [0.05, 0.1) is 0 Å². The fraction of sp³-hybridized carbons (Fsp3) is 0.450. The summed E-state index contributed by atoms with van der Waals surface area (Å²) in [7, 11) is 0. The summed E-state index contributed by atoms with van der Waals surface area (Å²) in [6.45, 7) is 6.06. The van der Waals surface area contributed by atoms with Crippen LogP contribution in [0.3, 0.4) is 0 Å². The molecule has 2 heteroatoms. The molecular formula is C20H25NS. The van der Waals surface area contributed by atoms with Gasteiger partial charge in [-0.1, -0.05) is 50.8 Å². The van der Waals surface area contributed by atoms with Gasteiger partial charge in [0.15, 0.2) is 0 Å². The molecule has 0 unspecified atom stereocenters. The smallest absolute Gasteiger partial charge is 0.123 e. The van der Waals surface area contributed by atoms with Crippen molar-refractivity contribution >= 4 is 17.4 Å². The van der Waals surface area contributed by atoms with Crippen molar-refractivity contribution in [3.63, 3.8) is 0 Å². The highest BCUT2D eigenvalue weighted by Gasteiger charge is 2.14. The molecule has 0 N–H and O–H groups in total. The summed E-state index contributed by atoms with van der Waals surface area (Å²) in [6.07, 6.45) is 13.6. The van der Waals surface area contributed by atoms with E-state index in [4.69, 9.17) is 0 Å². The molecular weight excluding hydrogens is 286 g/mol. The van der Waals surface area contributed by atoms with Gasteiger partial charge in [-0.25, -0.2) is 4.98 Å². The minimum Gasteiger partial charge on any atom is -0.244 e. The third-order valence-corrected chi connectivity index (χ3v) is 5.65. The molecule has 1 aromatic heterocycles. The largest absolute Gasteiger partial charge is 0.244 e. The van der Waals surface area contributed by atoms with Crippen LogP contribution in [0.4, 0.5) is 0 Å². The Labute approximate surface area is 138 Å². The number of hydrogen-bond acceptors (Lipinski definition) is 2. The molecule has 2 aromatic rings. The van der Waals surface area contributed by atoms with E-state index < -0.39 is 0 Å². The Hall–Kier alpha value is -1.41. The molecule has 0 saturated heterocycles. The normalized spacial score (nSPS) is 15.9. The maximum atomic E-state index is 4.54. The maximum Gasteiger partial charge on any atom is 0.123 e. The Morgan fingerprint density at radius 2 is 2.05 bits per heavy atom. The molecule has 1 aromatic carbocycles. The Bertz CT molecular complexity index is 635. The summed E-state index contributed by atoms with van der Waals surface area (Å²) in [5.41, 5.74) is 3.89. The highest BCUT2D eigenvalue weighted by Crippen LogP contribution is 2.30. The number of thiazole rings is 1. The van der Waals surface area contributed by atoms with Gasteiger partial charge in [-0.15, -0.1) is 11.3 Å². The van der Waals surface area contributed by atoms with Gasteiger partial charge >= 0.3 is 0 Å². The van der Waals surface area contributed by atoms with Gasteiger partial charge in [-0.05, 0) is 48.9 Å². The molecule has 116 valence electrons. The minimum absolute atomic E-state index is 0.937. The van der Waals surface area contributed by atoms with Crippen molar-refractivity contribution in [2.45, 2.75) is 51.9 Å². The number of rotatable bonds is 5. The van der Waals surface area contributed by atoms with Crippen molar-refractivity contribution < 1.29 is 0 Å². The summed E-state index contributed by atoms with van der Waals surface area (Å²) in [4.78, 5) is 5.80. The quantitative estimate of drug-likeness (QED) is 0.633. The zero-order chi connectivity index (χ0) is 15.4. The first-order chi connectivity index (χ1) is 10.7. The van der Waals surface area contributed by atoms with Crippen LogP contribution in [-0.4, -0.2) is 4.98 Å². The van der Waals surface area contributed by atoms with Crippen LogP contribution >= 0.6 is 11.3 Å². The van der Waals surface area contributed by atoms with E-state index >= 15 is 0 Å². The fourth-order valence-corrected chi connectivity index (χ4v) is 4.19. The third kappa shape index (κ3) is 3.86. The molecule has 1 aliphatic rings. The molecule has 22 heavy (non-hydrogen) atoms. The first-order valence-electron chi connectivity index (χ1n) is 8.44. The zero-order valence-electron chi connectivity index (χ0n) is 13.5. The summed E-state index contributed by atoms with van der Waals surface area (Å²) in [5, 5.41) is 1.13. The van der Waals surface area contributed by atoms with Crippen LogP contribution in [0.5, 0.6) is 0 Å². The predicted octanol–water partition coefficient (Wildman–Crippen LogP) is 6.27. The highest BCUT2D eigenvalue weighted by molar-refractivity contribution is 7.14. The van der Waals surface area contributed by atoms with Gasteiger partial charge in [-0.3, -0.25) is 0 Å². The van der Waals surface area contributed by atoms with Crippen LogP contribution < -0.4 is 0 Å². The fourth-order valence-electron chi connectivity index (χ4n) is 3.44. The first-order valence-corrected chi connectivity index (χ1v) is 9.25. The van der Waals surface area contributed by atoms with E-state index in [2.05, 4.69) is 36.7 Å². The number of nitrogens with zero attached hydrogens (tertiary/aromatic N) is 1. The Kier molecular flexibility index (Phi) is 5.09. The minimum atomic E-state index is 0.937. The van der Waals surface area contributed by atoms with Crippen LogP contribution in [0.2, 0.25) is 0 Å². The highest BCUT2D eigenvalue weighted by atomic mass is 32.1. The topological polar surface area (TPSA) is 12.9 Å². The average Bonchev–Trinajstić information content (AvgIpc) is 3.00. The summed E-state index contributed by atoms with van der Waals surface area (Å²) >= 11 is 1.77. The molecule has 0 atom stereocenters. The molecule has 0 bridgehead atoms. The number of aryl methyl sites for hydroxylation is 2. The van der Waals surface area contributed by atoms with Crippen molar-refractivity contribution in [2.75, 3.05) is 0 Å². The van der Waals surface area contributed by atoms with Crippen LogP contribution in [-0.2, 0) is 6.42 Å². The average molecular weight is 311 g/mol. The molecule has 1 nitrogen and oxygen atoms in total. The second kappa shape index (κ2) is 7.23. The van der Waals surface area contributed by atoms with Crippen LogP contribution in [0.25, 0.3) is 16.6 Å². The lowest BCUT2D eigenvalue weighted by Gasteiger charge is -2.21. The predicted molar refractivity (Wildman–Crippen MR) is 97.3 cm³/mol. The third-order valence-electron chi connectivity index (χ3n) is 4.69. The SMILES string of the molecule is C=Cc1cc(CCC2CCCCC2)cc(-c2ncc(C)s2)c1. The van der Waals surface area contributed by atoms with Crippen LogP contribution in [0, 0.1) is 12.8 Å². The molecule has 0 amide bonds. The molecule has 0 aliphatic heterocycles. The summed E-state index contributed by atoms with van der Waals surface area (Å²) < 4.78 is 0. The summed E-state index contributed by atoms with van der Waals surface area (Å²) in [5.74, 6) is 0.937. The lowest BCUT2D eigenvalue weighted by Crippen LogP contribution is -2.07. The van der Waals surface area contributed by atoms with Gasteiger partial charge in [0, 0.05) is 16.6 Å².